The number of rotatable bonds is 9. The molecule has 0 aliphatic rings. The van der Waals surface area contributed by atoms with Crippen LogP contribution in [0.15, 0.2) is 29.4 Å². The van der Waals surface area contributed by atoms with Gasteiger partial charge in [-0.15, -0.1) is 4.91 Å². The predicted molar refractivity (Wildman–Crippen MR) is 91.0 cm³/mol. The van der Waals surface area contributed by atoms with Gasteiger partial charge in [0.25, 0.3) is 0 Å². The first-order valence-electron chi connectivity index (χ1n) is 8.08. The minimum Gasteiger partial charge on any atom is -0.485 e. The fraction of sp³-hybridized carbons (Fsp3) is 0.421. The van der Waals surface area contributed by atoms with E-state index in [4.69, 9.17) is 4.74 Å². The molecule has 0 fully saturated rings. The van der Waals surface area contributed by atoms with Crippen LogP contribution in [0.25, 0.3) is 0 Å². The molecule has 0 saturated carbocycles. The molecule has 0 bridgehead atoms. The highest BCUT2D eigenvalue weighted by Gasteiger charge is 2.06. The molecule has 23 heavy (non-hydrogen) atoms. The van der Waals surface area contributed by atoms with E-state index in [0.717, 1.165) is 36.1 Å². The minimum absolute atomic E-state index is 0.503. The molecule has 0 unspecified atom stereocenters. The van der Waals surface area contributed by atoms with E-state index in [9.17, 15) is 4.91 Å². The molecule has 1 aromatic carbocycles. The Kier molecular flexibility index (Phi) is 6.56. The van der Waals surface area contributed by atoms with E-state index < -0.39 is 0 Å². The molecular weight excluding hydrogens is 288 g/mol. The van der Waals surface area contributed by atoms with Gasteiger partial charge in [0, 0.05) is 12.3 Å². The van der Waals surface area contributed by atoms with Crippen molar-refractivity contribution in [2.24, 2.45) is 5.18 Å². The molecule has 1 heterocycles. The van der Waals surface area contributed by atoms with Crippen LogP contribution in [0.2, 0.25) is 0 Å². The van der Waals surface area contributed by atoms with Crippen LogP contribution in [0.3, 0.4) is 0 Å². The zero-order valence-electron chi connectivity index (χ0n) is 13.8. The summed E-state index contributed by atoms with van der Waals surface area (Å²) in [5.41, 5.74) is 3.47. The average molecular weight is 310 g/mol. The number of nitroso groups, excluding NO2 is 1. The molecule has 0 radical (unpaired) electrons. The number of aromatic nitrogens is 1. The molecule has 0 atom stereocenters. The van der Waals surface area contributed by atoms with E-state index in [-0.39, 0.29) is 0 Å². The summed E-state index contributed by atoms with van der Waals surface area (Å²) in [7, 11) is 0. The molecule has 2 rings (SSSR count). The van der Waals surface area contributed by atoms with Crippen LogP contribution < -0.4 is 4.74 Å². The van der Waals surface area contributed by atoms with Gasteiger partial charge in [0.15, 0.2) is 5.75 Å². The summed E-state index contributed by atoms with van der Waals surface area (Å²) >= 11 is 0. The lowest BCUT2D eigenvalue weighted by molar-refractivity contribution is 0.306. The van der Waals surface area contributed by atoms with Gasteiger partial charge >= 0.3 is 0 Å². The molecule has 0 amide bonds. The van der Waals surface area contributed by atoms with Gasteiger partial charge in [0.2, 0.25) is 0 Å². The van der Waals surface area contributed by atoms with Crippen LogP contribution in [0, 0.1) is 24.1 Å². The Morgan fingerprint density at radius 1 is 1.26 bits per heavy atom. The maximum atomic E-state index is 10.8. The minimum atomic E-state index is 0.503. The van der Waals surface area contributed by atoms with E-state index in [1.165, 1.54) is 12.8 Å². The van der Waals surface area contributed by atoms with Crippen molar-refractivity contribution in [3.63, 3.8) is 0 Å². The Labute approximate surface area is 137 Å². The first kappa shape index (κ1) is 17.0. The number of hydrogen-bond donors (Lipinski definition) is 0. The second kappa shape index (κ2) is 8.89. The number of unbranched alkanes of at least 4 members (excludes halogenated alkanes) is 2. The number of benzene rings is 1. The SMILES string of the molecule is CCCCCOc1c#cnc(CCc2cccc(N=O)c2C)c1. The third kappa shape index (κ3) is 5.07. The van der Waals surface area contributed by atoms with Gasteiger partial charge in [-0.1, -0.05) is 31.9 Å². The van der Waals surface area contributed by atoms with Gasteiger partial charge in [-0.3, -0.25) is 0 Å². The second-order valence-electron chi connectivity index (χ2n) is 5.56. The van der Waals surface area contributed by atoms with E-state index in [2.05, 4.69) is 29.3 Å². The van der Waals surface area contributed by atoms with Crippen LogP contribution in [0.5, 0.6) is 5.75 Å². The predicted octanol–water partition coefficient (Wildman–Crippen LogP) is 4.74. The summed E-state index contributed by atoms with van der Waals surface area (Å²) in [5.74, 6) is 0.700. The van der Waals surface area contributed by atoms with E-state index in [0.29, 0.717) is 18.0 Å². The Hall–Kier alpha value is -2.41. The van der Waals surface area contributed by atoms with Crippen molar-refractivity contribution in [3.05, 3.63) is 58.3 Å². The molecular formula is C19H22N2O2. The van der Waals surface area contributed by atoms with Crippen molar-refractivity contribution in [3.8, 4) is 5.75 Å². The Bertz CT molecular complexity index is 641. The van der Waals surface area contributed by atoms with Crippen LogP contribution in [-0.2, 0) is 12.8 Å². The van der Waals surface area contributed by atoms with E-state index >= 15 is 0 Å². The van der Waals surface area contributed by atoms with Crippen molar-refractivity contribution in [1.82, 2.24) is 4.98 Å². The summed E-state index contributed by atoms with van der Waals surface area (Å²) in [4.78, 5) is 15.0. The molecule has 0 saturated heterocycles. The monoisotopic (exact) mass is 310 g/mol. The zero-order chi connectivity index (χ0) is 16.5. The van der Waals surface area contributed by atoms with Crippen molar-refractivity contribution in [2.45, 2.75) is 46.0 Å². The molecule has 4 nitrogen and oxygen atoms in total. The highest BCUT2D eigenvalue weighted by Crippen LogP contribution is 2.22. The zero-order valence-corrected chi connectivity index (χ0v) is 13.8. The fourth-order valence-electron chi connectivity index (χ4n) is 2.42. The third-order valence-corrected chi connectivity index (χ3v) is 3.85. The van der Waals surface area contributed by atoms with Gasteiger partial charge in [-0.05, 0) is 54.6 Å². The number of aryl methyl sites for hydroxylation is 2. The molecule has 0 aliphatic carbocycles. The highest BCUT2D eigenvalue weighted by atomic mass is 16.5. The summed E-state index contributed by atoms with van der Waals surface area (Å²) in [6.45, 7) is 4.79. The maximum Gasteiger partial charge on any atom is 0.173 e. The number of nitrogens with zero attached hydrogens (tertiary/aromatic N) is 2. The van der Waals surface area contributed by atoms with Crippen LogP contribution >= 0.6 is 0 Å². The average Bonchev–Trinajstić information content (AvgIpc) is 2.58. The van der Waals surface area contributed by atoms with Crippen molar-refractivity contribution in [2.75, 3.05) is 6.61 Å². The lowest BCUT2D eigenvalue weighted by Gasteiger charge is -2.07. The molecule has 120 valence electrons. The summed E-state index contributed by atoms with van der Waals surface area (Å²) < 4.78 is 5.68. The van der Waals surface area contributed by atoms with E-state index in [1.54, 1.807) is 6.07 Å². The molecule has 0 spiro atoms. The smallest absolute Gasteiger partial charge is 0.173 e. The van der Waals surface area contributed by atoms with Gasteiger partial charge in [-0.25, -0.2) is 4.98 Å². The maximum absolute atomic E-state index is 10.8. The molecule has 2 aromatic rings. The summed E-state index contributed by atoms with van der Waals surface area (Å²) in [5, 5.41) is 3.05. The second-order valence-corrected chi connectivity index (χ2v) is 5.56. The van der Waals surface area contributed by atoms with Gasteiger partial charge in [0.05, 0.1) is 12.3 Å². The van der Waals surface area contributed by atoms with Crippen molar-refractivity contribution < 1.29 is 4.74 Å². The first-order valence-corrected chi connectivity index (χ1v) is 8.08. The third-order valence-electron chi connectivity index (χ3n) is 3.85. The highest BCUT2D eigenvalue weighted by molar-refractivity contribution is 5.49. The van der Waals surface area contributed by atoms with Gasteiger partial charge < -0.3 is 4.74 Å². The lowest BCUT2D eigenvalue weighted by Crippen LogP contribution is -1.99. The molecule has 1 aromatic heterocycles. The number of ether oxygens (including phenoxy) is 1. The van der Waals surface area contributed by atoms with E-state index in [1.807, 2.05) is 25.1 Å². The van der Waals surface area contributed by atoms with Crippen molar-refractivity contribution in [1.29, 1.82) is 0 Å². The van der Waals surface area contributed by atoms with Crippen LogP contribution in [-0.4, -0.2) is 11.6 Å². The van der Waals surface area contributed by atoms with Gasteiger partial charge in [-0.2, -0.15) is 0 Å². The quantitative estimate of drug-likeness (QED) is 0.496. The Morgan fingerprint density at radius 2 is 2.13 bits per heavy atom. The first-order chi connectivity index (χ1) is 11.2. The molecule has 0 N–H and O–H groups in total. The molecule has 4 heteroatoms. The Morgan fingerprint density at radius 3 is 2.91 bits per heavy atom. The van der Waals surface area contributed by atoms with Crippen molar-refractivity contribution >= 4 is 5.69 Å². The Balaban J connectivity index is 1.94. The summed E-state index contributed by atoms with van der Waals surface area (Å²) in [6, 6.07) is 10.4. The largest absolute Gasteiger partial charge is 0.485 e. The van der Waals surface area contributed by atoms with Crippen LogP contribution in [0.1, 0.15) is 43.0 Å². The fourth-order valence-corrected chi connectivity index (χ4v) is 2.42. The lowest BCUT2D eigenvalue weighted by atomic mass is 10.0. The number of hydrogen-bond acceptors (Lipinski definition) is 4. The van der Waals surface area contributed by atoms with Crippen LogP contribution in [0.4, 0.5) is 5.69 Å². The standard InChI is InChI=1S/C19H22N2O2/c1-3-4-5-13-23-18-11-12-20-17(14-18)10-9-16-7-6-8-19(21-22)15(16)2/h6-8,14H,3-5,9-10,13H2,1-2H3. The topological polar surface area (TPSA) is 51.6 Å². The molecule has 0 aliphatic heterocycles. The normalized spacial score (nSPS) is 10.2. The summed E-state index contributed by atoms with van der Waals surface area (Å²) in [6.07, 6.45) is 7.73. The van der Waals surface area contributed by atoms with Gasteiger partial charge in [0.1, 0.15) is 5.69 Å².